The van der Waals surface area contributed by atoms with Gasteiger partial charge in [-0.05, 0) is 49.2 Å². The topological polar surface area (TPSA) is 76.7 Å². The van der Waals surface area contributed by atoms with E-state index < -0.39 is 11.8 Å². The van der Waals surface area contributed by atoms with E-state index in [1.54, 1.807) is 42.5 Å². The van der Waals surface area contributed by atoms with E-state index in [4.69, 9.17) is 21.1 Å². The van der Waals surface area contributed by atoms with Crippen molar-refractivity contribution in [3.8, 4) is 11.5 Å². The first kappa shape index (κ1) is 21.6. The van der Waals surface area contributed by atoms with E-state index in [1.807, 2.05) is 6.92 Å². The Hall–Kier alpha value is -2.73. The Morgan fingerprint density at radius 3 is 2.57 bits per heavy atom. The molecular formula is C21H25ClN2O4. The molecule has 6 nitrogen and oxygen atoms in total. The number of carbonyl (C=O) groups excluding carboxylic acids is 2. The van der Waals surface area contributed by atoms with Crippen LogP contribution in [0, 0.1) is 6.92 Å². The largest absolute Gasteiger partial charge is 0.493 e. The number of para-hydroxylation sites is 1. The van der Waals surface area contributed by atoms with Gasteiger partial charge in [0.2, 0.25) is 0 Å². The summed E-state index contributed by atoms with van der Waals surface area (Å²) in [6.45, 7) is 4.26. The maximum absolute atomic E-state index is 12.4. The minimum atomic E-state index is -0.484. The van der Waals surface area contributed by atoms with E-state index in [-0.39, 0.29) is 6.61 Å². The maximum Gasteiger partial charge on any atom is 0.276 e. The van der Waals surface area contributed by atoms with Crippen LogP contribution < -0.4 is 20.3 Å². The molecule has 150 valence electrons. The van der Waals surface area contributed by atoms with Crippen molar-refractivity contribution in [1.82, 2.24) is 10.9 Å². The lowest BCUT2D eigenvalue weighted by Gasteiger charge is -2.12. The van der Waals surface area contributed by atoms with Crippen molar-refractivity contribution in [3.63, 3.8) is 0 Å². The van der Waals surface area contributed by atoms with Gasteiger partial charge in [0.15, 0.2) is 6.61 Å². The van der Waals surface area contributed by atoms with Crippen LogP contribution in [-0.2, 0) is 4.79 Å². The number of hydrogen-bond acceptors (Lipinski definition) is 4. The number of carbonyl (C=O) groups is 2. The van der Waals surface area contributed by atoms with Gasteiger partial charge in [0.1, 0.15) is 11.5 Å². The molecule has 0 saturated heterocycles. The summed E-state index contributed by atoms with van der Waals surface area (Å²) in [7, 11) is 0. The van der Waals surface area contributed by atoms with Crippen LogP contribution in [0.4, 0.5) is 0 Å². The second kappa shape index (κ2) is 11.2. The summed E-state index contributed by atoms with van der Waals surface area (Å²) in [6.07, 6.45) is 3.08. The lowest BCUT2D eigenvalue weighted by Crippen LogP contribution is -2.43. The number of aryl methyl sites for hydroxylation is 1. The molecule has 0 bridgehead atoms. The Morgan fingerprint density at radius 1 is 1.04 bits per heavy atom. The van der Waals surface area contributed by atoms with Gasteiger partial charge >= 0.3 is 0 Å². The Balaban J connectivity index is 1.82. The third-order valence-corrected chi connectivity index (χ3v) is 4.38. The Morgan fingerprint density at radius 2 is 1.82 bits per heavy atom. The van der Waals surface area contributed by atoms with E-state index in [0.717, 1.165) is 24.8 Å². The van der Waals surface area contributed by atoms with Gasteiger partial charge in [-0.25, -0.2) is 0 Å². The van der Waals surface area contributed by atoms with Gasteiger partial charge in [0.05, 0.1) is 12.2 Å². The predicted octanol–water partition coefficient (Wildman–Crippen LogP) is 4.06. The number of amides is 2. The number of nitrogens with one attached hydrogen (secondary N) is 2. The molecule has 0 aliphatic heterocycles. The first-order valence-corrected chi connectivity index (χ1v) is 9.59. The second-order valence-electron chi connectivity index (χ2n) is 6.25. The quantitative estimate of drug-likeness (QED) is 0.488. The van der Waals surface area contributed by atoms with Crippen LogP contribution in [0.3, 0.4) is 0 Å². The number of rotatable bonds is 9. The van der Waals surface area contributed by atoms with Gasteiger partial charge in [-0.2, -0.15) is 0 Å². The van der Waals surface area contributed by atoms with Gasteiger partial charge in [-0.1, -0.05) is 43.5 Å². The smallest absolute Gasteiger partial charge is 0.276 e. The molecule has 0 heterocycles. The molecule has 2 amide bonds. The molecule has 0 saturated carbocycles. The minimum absolute atomic E-state index is 0.240. The number of hydrogen-bond donors (Lipinski definition) is 2. The normalized spacial score (nSPS) is 10.2. The highest BCUT2D eigenvalue weighted by Gasteiger charge is 2.13. The molecule has 2 aromatic carbocycles. The SMILES string of the molecule is CCCCCOc1ccccc1C(=O)NNC(=O)COc1ccc(Cl)c(C)c1. The molecule has 0 aliphatic rings. The predicted molar refractivity (Wildman–Crippen MR) is 109 cm³/mol. The van der Waals surface area contributed by atoms with Crippen molar-refractivity contribution in [2.75, 3.05) is 13.2 Å². The molecule has 0 aliphatic carbocycles. The van der Waals surface area contributed by atoms with E-state index in [1.165, 1.54) is 0 Å². The van der Waals surface area contributed by atoms with Crippen molar-refractivity contribution >= 4 is 23.4 Å². The lowest BCUT2D eigenvalue weighted by molar-refractivity contribution is -0.123. The molecular weight excluding hydrogens is 380 g/mol. The zero-order valence-corrected chi connectivity index (χ0v) is 16.8. The van der Waals surface area contributed by atoms with Crippen LogP contribution in [-0.4, -0.2) is 25.0 Å². The van der Waals surface area contributed by atoms with Gasteiger partial charge < -0.3 is 9.47 Å². The first-order chi connectivity index (χ1) is 13.5. The molecule has 0 fully saturated rings. The van der Waals surface area contributed by atoms with Gasteiger partial charge in [0, 0.05) is 5.02 Å². The summed E-state index contributed by atoms with van der Waals surface area (Å²) in [4.78, 5) is 24.3. The molecule has 2 aromatic rings. The zero-order chi connectivity index (χ0) is 20.4. The summed E-state index contributed by atoms with van der Waals surface area (Å²) in [5, 5.41) is 0.625. The van der Waals surface area contributed by atoms with Crippen LogP contribution in [0.15, 0.2) is 42.5 Å². The highest BCUT2D eigenvalue weighted by Crippen LogP contribution is 2.21. The molecule has 2 N–H and O–H groups in total. The van der Waals surface area contributed by atoms with Crippen LogP contribution in [0.1, 0.15) is 42.1 Å². The number of unbranched alkanes of at least 4 members (excludes halogenated alkanes) is 2. The van der Waals surface area contributed by atoms with E-state index in [2.05, 4.69) is 17.8 Å². The van der Waals surface area contributed by atoms with Crippen molar-refractivity contribution in [2.24, 2.45) is 0 Å². The summed E-state index contributed by atoms with van der Waals surface area (Å²) in [5.74, 6) is 0.0662. The fourth-order valence-corrected chi connectivity index (χ4v) is 2.52. The highest BCUT2D eigenvalue weighted by molar-refractivity contribution is 6.31. The van der Waals surface area contributed by atoms with Gasteiger partial charge in [-0.3, -0.25) is 20.4 Å². The highest BCUT2D eigenvalue weighted by atomic mass is 35.5. The van der Waals surface area contributed by atoms with Gasteiger partial charge in [-0.15, -0.1) is 0 Å². The van der Waals surface area contributed by atoms with Crippen LogP contribution in [0.5, 0.6) is 11.5 Å². The second-order valence-corrected chi connectivity index (χ2v) is 6.66. The van der Waals surface area contributed by atoms with E-state index in [0.29, 0.717) is 28.7 Å². The molecule has 7 heteroatoms. The Labute approximate surface area is 170 Å². The Kier molecular flexibility index (Phi) is 8.62. The Bertz CT molecular complexity index is 811. The molecule has 0 aromatic heterocycles. The van der Waals surface area contributed by atoms with Crippen molar-refractivity contribution in [3.05, 3.63) is 58.6 Å². The number of ether oxygens (including phenoxy) is 2. The zero-order valence-electron chi connectivity index (χ0n) is 16.1. The average molecular weight is 405 g/mol. The van der Waals surface area contributed by atoms with Crippen molar-refractivity contribution < 1.29 is 19.1 Å². The number of hydrazine groups is 1. The molecule has 2 rings (SSSR count). The minimum Gasteiger partial charge on any atom is -0.493 e. The van der Waals surface area contributed by atoms with Crippen LogP contribution in [0.2, 0.25) is 5.02 Å². The molecule has 0 radical (unpaired) electrons. The molecule has 0 spiro atoms. The van der Waals surface area contributed by atoms with Crippen molar-refractivity contribution in [2.45, 2.75) is 33.1 Å². The van der Waals surface area contributed by atoms with Gasteiger partial charge in [0.25, 0.3) is 11.8 Å². The van der Waals surface area contributed by atoms with E-state index in [9.17, 15) is 9.59 Å². The summed E-state index contributed by atoms with van der Waals surface area (Å²) in [5.41, 5.74) is 5.92. The molecule has 28 heavy (non-hydrogen) atoms. The number of halogens is 1. The fraction of sp³-hybridized carbons (Fsp3) is 0.333. The summed E-state index contributed by atoms with van der Waals surface area (Å²) in [6, 6.07) is 12.0. The van der Waals surface area contributed by atoms with E-state index >= 15 is 0 Å². The van der Waals surface area contributed by atoms with Crippen molar-refractivity contribution in [1.29, 1.82) is 0 Å². The third-order valence-electron chi connectivity index (χ3n) is 3.95. The number of benzene rings is 2. The summed E-state index contributed by atoms with van der Waals surface area (Å²) >= 11 is 5.95. The maximum atomic E-state index is 12.4. The molecule has 0 unspecified atom stereocenters. The molecule has 0 atom stereocenters. The standard InChI is InChI=1S/C21H25ClN2O4/c1-3-4-7-12-27-19-9-6-5-8-17(19)21(26)24-23-20(25)14-28-16-10-11-18(22)15(2)13-16/h5-6,8-11,13H,3-4,7,12,14H2,1-2H3,(H,23,25)(H,24,26). The summed E-state index contributed by atoms with van der Waals surface area (Å²) < 4.78 is 11.1. The first-order valence-electron chi connectivity index (χ1n) is 9.21. The third kappa shape index (κ3) is 6.78. The van der Waals surface area contributed by atoms with Crippen LogP contribution >= 0.6 is 11.6 Å². The fourth-order valence-electron chi connectivity index (χ4n) is 2.40. The monoisotopic (exact) mass is 404 g/mol. The van der Waals surface area contributed by atoms with Crippen LogP contribution in [0.25, 0.3) is 0 Å². The average Bonchev–Trinajstić information content (AvgIpc) is 2.70. The lowest BCUT2D eigenvalue weighted by atomic mass is 10.2.